The van der Waals surface area contributed by atoms with Crippen LogP contribution in [0.15, 0.2) is 64.4 Å². The Morgan fingerprint density at radius 1 is 1.12 bits per heavy atom. The van der Waals surface area contributed by atoms with Gasteiger partial charge in [-0.2, -0.15) is 0 Å². The van der Waals surface area contributed by atoms with Crippen LogP contribution in [-0.2, 0) is 0 Å². The molecule has 0 radical (unpaired) electrons. The van der Waals surface area contributed by atoms with Crippen LogP contribution in [0, 0.1) is 0 Å². The maximum absolute atomic E-state index is 12.5. The highest BCUT2D eigenvalue weighted by Crippen LogP contribution is 2.19. The number of pyridine rings is 1. The molecule has 4 nitrogen and oxygen atoms in total. The normalized spacial score (nSPS) is 12.1. The number of amides is 1. The molecule has 2 N–H and O–H groups in total. The molecule has 1 atom stereocenters. The highest BCUT2D eigenvalue weighted by Gasteiger charge is 2.15. The summed E-state index contributed by atoms with van der Waals surface area (Å²) in [5.41, 5.74) is 1.59. The summed E-state index contributed by atoms with van der Waals surface area (Å²) in [7, 11) is 0. The van der Waals surface area contributed by atoms with Gasteiger partial charge in [0.1, 0.15) is 5.56 Å². The Morgan fingerprint density at radius 2 is 1.83 bits per heavy atom. The van der Waals surface area contributed by atoms with Crippen LogP contribution in [0.3, 0.4) is 0 Å². The molecule has 3 aromatic rings. The Hall–Kier alpha value is -2.53. The summed E-state index contributed by atoms with van der Waals surface area (Å²) in [5.74, 6) is -0.372. The third kappa shape index (κ3) is 3.21. The first-order valence-corrected chi connectivity index (χ1v) is 8.88. The Bertz CT molecular complexity index is 932. The van der Waals surface area contributed by atoms with E-state index in [0.29, 0.717) is 5.39 Å². The molecule has 122 valence electrons. The average molecular weight is 338 g/mol. The molecule has 0 saturated heterocycles. The number of benzene rings is 2. The third-order valence-corrected chi connectivity index (χ3v) is 4.74. The fourth-order valence-corrected chi connectivity index (χ4v) is 2.99. The molecule has 5 heteroatoms. The minimum atomic E-state index is -0.372. The van der Waals surface area contributed by atoms with Crippen molar-refractivity contribution in [3.63, 3.8) is 0 Å². The van der Waals surface area contributed by atoms with Crippen molar-refractivity contribution >= 4 is 28.6 Å². The van der Waals surface area contributed by atoms with Gasteiger partial charge < -0.3 is 10.3 Å². The van der Waals surface area contributed by atoms with Crippen LogP contribution < -0.4 is 10.7 Å². The number of para-hydroxylation sites is 1. The lowest BCUT2D eigenvalue weighted by Gasteiger charge is -2.14. The molecule has 0 bridgehead atoms. The van der Waals surface area contributed by atoms with Crippen LogP contribution in [0.1, 0.15) is 28.9 Å². The van der Waals surface area contributed by atoms with Crippen LogP contribution in [0.4, 0.5) is 0 Å². The summed E-state index contributed by atoms with van der Waals surface area (Å²) in [6, 6.07) is 15.0. The third-order valence-electron chi connectivity index (χ3n) is 4.00. The van der Waals surface area contributed by atoms with Gasteiger partial charge in [0.25, 0.3) is 5.91 Å². The van der Waals surface area contributed by atoms with E-state index in [9.17, 15) is 9.59 Å². The molecular formula is C19H18N2O2S. The molecule has 0 aliphatic heterocycles. The Labute approximate surface area is 144 Å². The van der Waals surface area contributed by atoms with Crippen molar-refractivity contribution < 1.29 is 4.79 Å². The molecule has 0 aliphatic carbocycles. The minimum Gasteiger partial charge on any atom is -0.360 e. The predicted molar refractivity (Wildman–Crippen MR) is 98.7 cm³/mol. The lowest BCUT2D eigenvalue weighted by molar-refractivity contribution is 0.0938. The van der Waals surface area contributed by atoms with Gasteiger partial charge in [-0.05, 0) is 43.0 Å². The Kier molecular flexibility index (Phi) is 4.71. The second kappa shape index (κ2) is 6.93. The highest BCUT2D eigenvalue weighted by molar-refractivity contribution is 7.98. The number of hydrogen-bond donors (Lipinski definition) is 2. The first-order valence-electron chi connectivity index (χ1n) is 7.65. The highest BCUT2D eigenvalue weighted by atomic mass is 32.2. The SMILES string of the molecule is CSc1ccc([C@@H](C)NC(=O)c2c[nH]c3ccccc3c2=O)cc1. The van der Waals surface area contributed by atoms with Gasteiger partial charge in [0.15, 0.2) is 0 Å². The molecule has 3 rings (SSSR count). The van der Waals surface area contributed by atoms with E-state index < -0.39 is 0 Å². The quantitative estimate of drug-likeness (QED) is 0.712. The van der Waals surface area contributed by atoms with E-state index in [4.69, 9.17) is 0 Å². The zero-order valence-corrected chi connectivity index (χ0v) is 14.3. The number of H-pyrrole nitrogens is 1. The van der Waals surface area contributed by atoms with Crippen molar-refractivity contribution in [3.8, 4) is 0 Å². The number of hydrogen-bond acceptors (Lipinski definition) is 3. The fraction of sp³-hybridized carbons (Fsp3) is 0.158. The number of rotatable bonds is 4. The second-order valence-corrected chi connectivity index (χ2v) is 6.43. The van der Waals surface area contributed by atoms with Gasteiger partial charge in [-0.15, -0.1) is 11.8 Å². The first-order chi connectivity index (χ1) is 11.6. The molecule has 24 heavy (non-hydrogen) atoms. The van der Waals surface area contributed by atoms with E-state index in [2.05, 4.69) is 10.3 Å². The Balaban J connectivity index is 1.84. The van der Waals surface area contributed by atoms with Crippen molar-refractivity contribution in [2.24, 2.45) is 0 Å². The molecule has 2 aromatic carbocycles. The van der Waals surface area contributed by atoms with Gasteiger partial charge in [0.05, 0.1) is 6.04 Å². The molecular weight excluding hydrogens is 320 g/mol. The monoisotopic (exact) mass is 338 g/mol. The number of carbonyl (C=O) groups is 1. The number of nitrogens with one attached hydrogen (secondary N) is 2. The van der Waals surface area contributed by atoms with Crippen LogP contribution in [-0.4, -0.2) is 17.1 Å². The minimum absolute atomic E-state index is 0.126. The maximum atomic E-state index is 12.5. The van der Waals surface area contributed by atoms with Crippen LogP contribution in [0.2, 0.25) is 0 Å². The standard InChI is InChI=1S/C19H18N2O2S/c1-12(13-7-9-14(24-2)10-8-13)21-19(23)16-11-20-17-6-4-3-5-15(17)18(16)22/h3-12H,1-2H3,(H,20,22)(H,21,23)/t12-/m1/s1. The van der Waals surface area contributed by atoms with Crippen molar-refractivity contribution in [3.05, 3.63) is 76.1 Å². The number of fused-ring (bicyclic) bond motifs is 1. The lowest BCUT2D eigenvalue weighted by Crippen LogP contribution is -2.31. The maximum Gasteiger partial charge on any atom is 0.257 e. The van der Waals surface area contributed by atoms with Crippen molar-refractivity contribution in [2.45, 2.75) is 17.9 Å². The van der Waals surface area contributed by atoms with E-state index in [1.165, 1.54) is 11.1 Å². The second-order valence-electron chi connectivity index (χ2n) is 5.55. The van der Waals surface area contributed by atoms with Crippen molar-refractivity contribution in [1.82, 2.24) is 10.3 Å². The van der Waals surface area contributed by atoms with E-state index >= 15 is 0 Å². The van der Waals surface area contributed by atoms with Crippen LogP contribution >= 0.6 is 11.8 Å². The van der Waals surface area contributed by atoms with Gasteiger partial charge in [-0.1, -0.05) is 24.3 Å². The number of aromatic amines is 1. The molecule has 0 spiro atoms. The summed E-state index contributed by atoms with van der Waals surface area (Å²) >= 11 is 1.67. The molecule has 0 aliphatic rings. The van der Waals surface area contributed by atoms with Crippen LogP contribution in [0.25, 0.3) is 10.9 Å². The molecule has 1 aromatic heterocycles. The number of thioether (sulfide) groups is 1. The zero-order chi connectivity index (χ0) is 17.1. The van der Waals surface area contributed by atoms with E-state index in [-0.39, 0.29) is 22.9 Å². The van der Waals surface area contributed by atoms with Gasteiger partial charge >= 0.3 is 0 Å². The first kappa shape index (κ1) is 16.3. The van der Waals surface area contributed by atoms with Gasteiger partial charge in [0, 0.05) is 22.0 Å². The van der Waals surface area contributed by atoms with Gasteiger partial charge in [0.2, 0.25) is 5.43 Å². The van der Waals surface area contributed by atoms with Crippen molar-refractivity contribution in [2.75, 3.05) is 6.26 Å². The van der Waals surface area contributed by atoms with Gasteiger partial charge in [-0.3, -0.25) is 9.59 Å². The number of aromatic nitrogens is 1. The molecule has 0 saturated carbocycles. The zero-order valence-electron chi connectivity index (χ0n) is 13.5. The summed E-state index contributed by atoms with van der Waals surface area (Å²) in [4.78, 5) is 29.1. The summed E-state index contributed by atoms with van der Waals surface area (Å²) < 4.78 is 0. The largest absolute Gasteiger partial charge is 0.360 e. The number of carbonyl (C=O) groups excluding carboxylic acids is 1. The fourth-order valence-electron chi connectivity index (χ4n) is 2.59. The summed E-state index contributed by atoms with van der Waals surface area (Å²) in [5, 5.41) is 3.41. The summed E-state index contributed by atoms with van der Waals surface area (Å²) in [6.45, 7) is 1.90. The molecule has 0 fully saturated rings. The Morgan fingerprint density at radius 3 is 2.54 bits per heavy atom. The molecule has 1 heterocycles. The predicted octanol–water partition coefficient (Wildman–Crippen LogP) is 3.74. The summed E-state index contributed by atoms with van der Waals surface area (Å²) in [6.07, 6.45) is 3.50. The topological polar surface area (TPSA) is 62.0 Å². The smallest absolute Gasteiger partial charge is 0.257 e. The van der Waals surface area contributed by atoms with E-state index in [1.54, 1.807) is 23.9 Å². The lowest BCUT2D eigenvalue weighted by atomic mass is 10.1. The average Bonchev–Trinajstić information content (AvgIpc) is 2.62. The molecule has 0 unspecified atom stereocenters. The van der Waals surface area contributed by atoms with E-state index in [1.807, 2.05) is 49.6 Å². The van der Waals surface area contributed by atoms with Gasteiger partial charge in [-0.25, -0.2) is 0 Å². The van der Waals surface area contributed by atoms with Crippen molar-refractivity contribution in [1.29, 1.82) is 0 Å². The molecule has 1 amide bonds. The van der Waals surface area contributed by atoms with Crippen LogP contribution in [0.5, 0.6) is 0 Å². The van der Waals surface area contributed by atoms with E-state index in [0.717, 1.165) is 11.1 Å².